The number of halogens is 2. The molecule has 0 saturated heterocycles. The third-order valence-electron chi connectivity index (χ3n) is 1.90. The van der Waals surface area contributed by atoms with Gasteiger partial charge in [0.05, 0.1) is 12.2 Å². The SMILES string of the molecule is CCOC(=O)c1c(C#N)cc(S)cc1OC(F)F. The number of esters is 1. The zero-order valence-corrected chi connectivity index (χ0v) is 10.2. The van der Waals surface area contributed by atoms with E-state index in [4.69, 9.17) is 10.00 Å². The zero-order chi connectivity index (χ0) is 13.7. The lowest BCUT2D eigenvalue weighted by Crippen LogP contribution is -2.12. The van der Waals surface area contributed by atoms with Crippen LogP contribution in [0.2, 0.25) is 0 Å². The van der Waals surface area contributed by atoms with Crippen LogP contribution in [-0.4, -0.2) is 19.2 Å². The van der Waals surface area contributed by atoms with Gasteiger partial charge in [0.25, 0.3) is 0 Å². The summed E-state index contributed by atoms with van der Waals surface area (Å²) < 4.78 is 33.4. The molecule has 96 valence electrons. The molecule has 0 N–H and O–H groups in total. The number of carbonyl (C=O) groups is 1. The van der Waals surface area contributed by atoms with Crippen LogP contribution in [0.3, 0.4) is 0 Å². The molecule has 0 fully saturated rings. The smallest absolute Gasteiger partial charge is 0.387 e. The Morgan fingerprint density at radius 2 is 2.22 bits per heavy atom. The average molecular weight is 273 g/mol. The molecule has 0 aliphatic carbocycles. The van der Waals surface area contributed by atoms with Crippen molar-refractivity contribution in [3.63, 3.8) is 0 Å². The molecule has 1 aromatic rings. The molecule has 1 aromatic carbocycles. The van der Waals surface area contributed by atoms with E-state index >= 15 is 0 Å². The second-order valence-corrected chi connectivity index (χ2v) is 3.59. The summed E-state index contributed by atoms with van der Waals surface area (Å²) in [7, 11) is 0. The van der Waals surface area contributed by atoms with Crippen molar-refractivity contribution in [2.24, 2.45) is 0 Å². The number of ether oxygens (including phenoxy) is 2. The Balaban J connectivity index is 3.33. The molecule has 18 heavy (non-hydrogen) atoms. The number of hydrogen-bond donors (Lipinski definition) is 1. The standard InChI is InChI=1S/C11H9F2NO3S/c1-2-16-10(15)9-6(5-14)3-7(18)4-8(9)17-11(12)13/h3-4,11,18H,2H2,1H3. The molecule has 7 heteroatoms. The monoisotopic (exact) mass is 273 g/mol. The minimum absolute atomic E-state index is 0.0560. The van der Waals surface area contributed by atoms with Gasteiger partial charge in [-0.3, -0.25) is 0 Å². The van der Waals surface area contributed by atoms with E-state index in [2.05, 4.69) is 17.4 Å². The maximum absolute atomic E-state index is 12.2. The molecule has 0 unspecified atom stereocenters. The Morgan fingerprint density at radius 3 is 2.72 bits per heavy atom. The third-order valence-corrected chi connectivity index (χ3v) is 2.16. The Hall–Kier alpha value is -1.81. The van der Waals surface area contributed by atoms with Crippen molar-refractivity contribution >= 4 is 18.6 Å². The molecule has 0 aliphatic rings. The Labute approximate surface area is 108 Å². The number of nitriles is 1. The number of hydrogen-bond acceptors (Lipinski definition) is 5. The maximum atomic E-state index is 12.2. The summed E-state index contributed by atoms with van der Waals surface area (Å²) in [6, 6.07) is 4.11. The molecule has 0 atom stereocenters. The molecule has 0 bridgehead atoms. The normalized spacial score (nSPS) is 10.0. The molecular weight excluding hydrogens is 264 g/mol. The van der Waals surface area contributed by atoms with Gasteiger partial charge in [-0.05, 0) is 19.1 Å². The van der Waals surface area contributed by atoms with Gasteiger partial charge in [-0.1, -0.05) is 0 Å². The van der Waals surface area contributed by atoms with Crippen LogP contribution >= 0.6 is 12.6 Å². The molecule has 0 aromatic heterocycles. The van der Waals surface area contributed by atoms with Gasteiger partial charge in [-0.25, -0.2) is 4.79 Å². The first kappa shape index (κ1) is 14.3. The van der Waals surface area contributed by atoms with Crippen LogP contribution in [0.4, 0.5) is 8.78 Å². The minimum Gasteiger partial charge on any atom is -0.462 e. The van der Waals surface area contributed by atoms with Gasteiger partial charge in [0.2, 0.25) is 0 Å². The topological polar surface area (TPSA) is 59.3 Å². The van der Waals surface area contributed by atoms with Gasteiger partial charge in [0.1, 0.15) is 17.4 Å². The maximum Gasteiger partial charge on any atom is 0.387 e. The molecule has 0 radical (unpaired) electrons. The molecule has 0 amide bonds. The summed E-state index contributed by atoms with van der Waals surface area (Å²) in [4.78, 5) is 11.8. The van der Waals surface area contributed by atoms with Crippen LogP contribution in [-0.2, 0) is 4.74 Å². The molecule has 1 rings (SSSR count). The molecule has 4 nitrogen and oxygen atoms in total. The van der Waals surface area contributed by atoms with Crippen LogP contribution in [0, 0.1) is 11.3 Å². The van der Waals surface area contributed by atoms with Crippen molar-refractivity contribution in [1.82, 2.24) is 0 Å². The van der Waals surface area contributed by atoms with E-state index in [9.17, 15) is 13.6 Å². The van der Waals surface area contributed by atoms with Crippen molar-refractivity contribution in [1.29, 1.82) is 5.26 Å². The van der Waals surface area contributed by atoms with Gasteiger partial charge < -0.3 is 9.47 Å². The second-order valence-electron chi connectivity index (χ2n) is 3.08. The van der Waals surface area contributed by atoms with Gasteiger partial charge >= 0.3 is 12.6 Å². The van der Waals surface area contributed by atoms with Crippen molar-refractivity contribution in [2.45, 2.75) is 18.4 Å². The first-order valence-electron chi connectivity index (χ1n) is 4.88. The van der Waals surface area contributed by atoms with Gasteiger partial charge in [0.15, 0.2) is 0 Å². The van der Waals surface area contributed by atoms with Crippen LogP contribution in [0.5, 0.6) is 5.75 Å². The average Bonchev–Trinajstić information content (AvgIpc) is 2.27. The summed E-state index contributed by atoms with van der Waals surface area (Å²) in [5, 5.41) is 8.88. The van der Waals surface area contributed by atoms with E-state index in [-0.39, 0.29) is 22.6 Å². The number of alkyl halides is 2. The summed E-state index contributed by atoms with van der Waals surface area (Å²) in [5.74, 6) is -1.31. The fourth-order valence-corrected chi connectivity index (χ4v) is 1.54. The van der Waals surface area contributed by atoms with Crippen molar-refractivity contribution < 1.29 is 23.0 Å². The highest BCUT2D eigenvalue weighted by Gasteiger charge is 2.22. The number of thiol groups is 1. The largest absolute Gasteiger partial charge is 0.462 e. The lowest BCUT2D eigenvalue weighted by molar-refractivity contribution is -0.0506. The predicted molar refractivity (Wildman–Crippen MR) is 61.0 cm³/mol. The minimum atomic E-state index is -3.11. The molecular formula is C11H9F2NO3S. The quantitative estimate of drug-likeness (QED) is 0.676. The number of carbonyl (C=O) groups excluding carboxylic acids is 1. The lowest BCUT2D eigenvalue weighted by Gasteiger charge is -2.12. The molecule has 0 saturated carbocycles. The fraction of sp³-hybridized carbons (Fsp3) is 0.273. The summed E-state index contributed by atoms with van der Waals surface area (Å²) >= 11 is 3.94. The van der Waals surface area contributed by atoms with Crippen LogP contribution < -0.4 is 4.74 Å². The van der Waals surface area contributed by atoms with Crippen molar-refractivity contribution in [3.05, 3.63) is 23.3 Å². The van der Waals surface area contributed by atoms with E-state index < -0.39 is 18.3 Å². The first-order chi connectivity index (χ1) is 8.49. The molecule has 0 spiro atoms. The van der Waals surface area contributed by atoms with E-state index in [1.54, 1.807) is 13.0 Å². The van der Waals surface area contributed by atoms with Crippen LogP contribution in [0.15, 0.2) is 17.0 Å². The second kappa shape index (κ2) is 6.21. The number of rotatable bonds is 4. The van der Waals surface area contributed by atoms with E-state index in [0.29, 0.717) is 0 Å². The van der Waals surface area contributed by atoms with E-state index in [1.807, 2.05) is 0 Å². The summed E-state index contributed by atoms with van der Waals surface area (Å²) in [6.07, 6.45) is 0. The highest BCUT2D eigenvalue weighted by molar-refractivity contribution is 7.80. The van der Waals surface area contributed by atoms with Gasteiger partial charge in [-0.15, -0.1) is 12.6 Å². The number of benzene rings is 1. The van der Waals surface area contributed by atoms with Crippen LogP contribution in [0.1, 0.15) is 22.8 Å². The van der Waals surface area contributed by atoms with Gasteiger partial charge in [0, 0.05) is 4.90 Å². The fourth-order valence-electron chi connectivity index (χ4n) is 1.29. The van der Waals surface area contributed by atoms with Crippen molar-refractivity contribution in [2.75, 3.05) is 6.61 Å². The Morgan fingerprint density at radius 1 is 1.56 bits per heavy atom. The Bertz CT molecular complexity index is 500. The Kier molecular flexibility index (Phi) is 4.92. The van der Waals surface area contributed by atoms with E-state index in [1.165, 1.54) is 6.07 Å². The highest BCUT2D eigenvalue weighted by atomic mass is 32.1. The summed E-state index contributed by atoms with van der Waals surface area (Å²) in [5.41, 5.74) is -0.450. The summed E-state index contributed by atoms with van der Waals surface area (Å²) in [6.45, 7) is -1.50. The highest BCUT2D eigenvalue weighted by Crippen LogP contribution is 2.28. The zero-order valence-electron chi connectivity index (χ0n) is 9.31. The lowest BCUT2D eigenvalue weighted by atomic mass is 10.1. The molecule has 0 heterocycles. The van der Waals surface area contributed by atoms with E-state index in [0.717, 1.165) is 6.07 Å². The molecule has 0 aliphatic heterocycles. The van der Waals surface area contributed by atoms with Crippen molar-refractivity contribution in [3.8, 4) is 11.8 Å². The van der Waals surface area contributed by atoms with Crippen LogP contribution in [0.25, 0.3) is 0 Å². The van der Waals surface area contributed by atoms with Gasteiger partial charge in [-0.2, -0.15) is 14.0 Å². The predicted octanol–water partition coefficient (Wildman–Crippen LogP) is 2.63. The third kappa shape index (κ3) is 3.34. The number of nitrogens with zero attached hydrogens (tertiary/aromatic N) is 1. The first-order valence-corrected chi connectivity index (χ1v) is 5.33.